The van der Waals surface area contributed by atoms with E-state index in [0.717, 1.165) is 0 Å². The van der Waals surface area contributed by atoms with Crippen LogP contribution in [-0.4, -0.2) is 56.0 Å². The zero-order chi connectivity index (χ0) is 25.0. The van der Waals surface area contributed by atoms with Crippen molar-refractivity contribution in [3.05, 3.63) is 40.5 Å². The average molecular weight is 532 g/mol. The van der Waals surface area contributed by atoms with Gasteiger partial charge in [0, 0.05) is 25.8 Å². The maximum atomic E-state index is 13.4. The molecule has 186 valence electrons. The molecular weight excluding hydrogens is 505 g/mol. The zero-order valence-electron chi connectivity index (χ0n) is 18.5. The number of piperidine rings is 1. The molecule has 1 aliphatic rings. The maximum absolute atomic E-state index is 13.4. The molecule has 13 heteroatoms. The topological polar surface area (TPSA) is 150 Å². The van der Waals surface area contributed by atoms with Crippen LogP contribution in [0, 0.1) is 5.92 Å². The molecule has 10 nitrogen and oxygen atoms in total. The van der Waals surface area contributed by atoms with Gasteiger partial charge in [-0.3, -0.25) is 9.59 Å². The van der Waals surface area contributed by atoms with Gasteiger partial charge in [-0.25, -0.2) is 8.42 Å². The highest BCUT2D eigenvalue weighted by molar-refractivity contribution is 7.89. The van der Waals surface area contributed by atoms with Crippen molar-refractivity contribution in [1.29, 1.82) is 0 Å². The largest absolute Gasteiger partial charge is 0.469 e. The summed E-state index contributed by atoms with van der Waals surface area (Å²) in [6.45, 7) is 0.920. The summed E-state index contributed by atoms with van der Waals surface area (Å²) >= 11 is 12.0. The number of nitrogens with two attached hydrogens (primary N) is 2. The van der Waals surface area contributed by atoms with Crippen molar-refractivity contribution in [2.24, 2.45) is 5.92 Å². The number of benzene rings is 1. The zero-order valence-corrected chi connectivity index (χ0v) is 20.9. The number of halogens is 2. The third-order valence-corrected chi connectivity index (χ3v) is 7.90. The molecule has 2 aromatic rings. The number of nitrogen functional groups attached to an aromatic ring is 2. The lowest BCUT2D eigenvalue weighted by molar-refractivity contribution is -0.149. The number of nitrogens with one attached hydrogen (secondary N) is 1. The summed E-state index contributed by atoms with van der Waals surface area (Å²) in [5.74, 6) is -0.511. The summed E-state index contributed by atoms with van der Waals surface area (Å²) in [6, 6.07) is 4.73. The van der Waals surface area contributed by atoms with Crippen LogP contribution in [0.4, 0.5) is 11.5 Å². The van der Waals surface area contributed by atoms with Crippen LogP contribution in [0.25, 0.3) is 0 Å². The minimum Gasteiger partial charge on any atom is -0.469 e. The molecule has 1 atom stereocenters. The van der Waals surface area contributed by atoms with Gasteiger partial charge >= 0.3 is 5.97 Å². The van der Waals surface area contributed by atoms with E-state index in [4.69, 9.17) is 39.4 Å². The number of carbonyl (C=O) groups is 2. The first-order chi connectivity index (χ1) is 16.0. The molecule has 0 saturated carbocycles. The Labute approximate surface area is 208 Å². The number of hydrogen-bond acceptors (Lipinski definition) is 7. The second kappa shape index (κ2) is 10.9. The van der Waals surface area contributed by atoms with Crippen molar-refractivity contribution >= 4 is 56.6 Å². The first-order valence-corrected chi connectivity index (χ1v) is 12.8. The summed E-state index contributed by atoms with van der Waals surface area (Å²) in [6.07, 6.45) is 2.76. The molecule has 1 fully saturated rings. The number of carbonyl (C=O) groups excluding carboxylic acids is 2. The third-order valence-electron chi connectivity index (χ3n) is 5.82. The first-order valence-electron chi connectivity index (χ1n) is 10.6. The second-order valence-electron chi connectivity index (χ2n) is 8.01. The van der Waals surface area contributed by atoms with Crippen LogP contribution in [0.2, 0.25) is 10.0 Å². The maximum Gasteiger partial charge on any atom is 0.308 e. The summed E-state index contributed by atoms with van der Waals surface area (Å²) in [4.78, 5) is 26.5. The van der Waals surface area contributed by atoms with E-state index in [-0.39, 0.29) is 38.9 Å². The van der Waals surface area contributed by atoms with E-state index >= 15 is 0 Å². The Balaban J connectivity index is 1.81. The monoisotopic (exact) mass is 531 g/mol. The Bertz CT molecular complexity index is 1140. The van der Waals surface area contributed by atoms with Crippen LogP contribution in [0.15, 0.2) is 35.4 Å². The first kappa shape index (κ1) is 26.1. The van der Waals surface area contributed by atoms with Crippen LogP contribution in [0.5, 0.6) is 0 Å². The Morgan fingerprint density at radius 2 is 1.82 bits per heavy atom. The molecule has 0 spiro atoms. The number of sulfonamides is 1. The molecule has 1 unspecified atom stereocenters. The number of esters is 1. The van der Waals surface area contributed by atoms with Gasteiger partial charge in [-0.15, -0.1) is 0 Å². The number of aryl methyl sites for hydroxylation is 1. The third kappa shape index (κ3) is 5.96. The van der Waals surface area contributed by atoms with Crippen LogP contribution < -0.4 is 16.2 Å². The molecule has 1 aromatic carbocycles. The van der Waals surface area contributed by atoms with Gasteiger partial charge in [0.15, 0.2) is 0 Å². The molecule has 1 amide bonds. The Kier molecular flexibility index (Phi) is 8.34. The number of likely N-dealkylation sites (tertiary alicyclic amines) is 1. The van der Waals surface area contributed by atoms with Gasteiger partial charge in [0.25, 0.3) is 0 Å². The molecule has 1 saturated heterocycles. The van der Waals surface area contributed by atoms with E-state index < -0.39 is 22.0 Å². The molecule has 34 heavy (non-hydrogen) atoms. The Hall–Kier alpha value is -2.47. The number of amides is 1. The van der Waals surface area contributed by atoms with Gasteiger partial charge in [-0.1, -0.05) is 23.2 Å². The highest BCUT2D eigenvalue weighted by Crippen LogP contribution is 2.31. The molecule has 1 aliphatic heterocycles. The molecule has 3 rings (SSSR count). The smallest absolute Gasteiger partial charge is 0.308 e. The number of ether oxygens (including phenoxy) is 1. The van der Waals surface area contributed by atoms with Gasteiger partial charge in [-0.05, 0) is 43.5 Å². The minimum atomic E-state index is -4.17. The average Bonchev–Trinajstić information content (AvgIpc) is 3.23. The number of rotatable bonds is 8. The predicted molar refractivity (Wildman–Crippen MR) is 130 cm³/mol. The van der Waals surface area contributed by atoms with Gasteiger partial charge in [0.1, 0.15) is 11.9 Å². The van der Waals surface area contributed by atoms with Crippen molar-refractivity contribution in [3.8, 4) is 0 Å². The van der Waals surface area contributed by atoms with E-state index in [9.17, 15) is 18.0 Å². The lowest BCUT2D eigenvalue weighted by Gasteiger charge is -2.33. The number of nitrogens with zero attached hydrogens (tertiary/aromatic N) is 2. The molecule has 2 heterocycles. The normalized spacial score (nSPS) is 15.8. The quantitative estimate of drug-likeness (QED) is 0.348. The number of hydrogen-bond donors (Lipinski definition) is 3. The number of aromatic nitrogens is 1. The van der Waals surface area contributed by atoms with E-state index in [2.05, 4.69) is 4.72 Å². The fraction of sp³-hybridized carbons (Fsp3) is 0.429. The van der Waals surface area contributed by atoms with Gasteiger partial charge in [0.2, 0.25) is 15.9 Å². The van der Waals surface area contributed by atoms with Gasteiger partial charge in [-0.2, -0.15) is 4.72 Å². The molecule has 0 aliphatic carbocycles. The lowest BCUT2D eigenvalue weighted by Crippen LogP contribution is -2.51. The molecule has 1 aromatic heterocycles. The van der Waals surface area contributed by atoms with Crippen LogP contribution in [0.1, 0.15) is 19.3 Å². The van der Waals surface area contributed by atoms with Crippen molar-refractivity contribution < 1.29 is 22.7 Å². The SMILES string of the molecule is COC(=O)C1CCN(C(=O)C(CCn2cccc2N)NS(=O)(=O)c2cc(Cl)c(N)c(Cl)c2)CC1. The van der Waals surface area contributed by atoms with Gasteiger partial charge in [0.05, 0.1) is 33.7 Å². The number of methoxy groups -OCH3 is 1. The van der Waals surface area contributed by atoms with Crippen molar-refractivity contribution in [2.45, 2.75) is 36.7 Å². The fourth-order valence-electron chi connectivity index (χ4n) is 3.83. The van der Waals surface area contributed by atoms with E-state index in [1.54, 1.807) is 27.8 Å². The lowest BCUT2D eigenvalue weighted by atomic mass is 9.96. The van der Waals surface area contributed by atoms with Gasteiger partial charge < -0.3 is 25.7 Å². The highest BCUT2D eigenvalue weighted by atomic mass is 35.5. The van der Waals surface area contributed by atoms with Crippen molar-refractivity contribution in [1.82, 2.24) is 14.2 Å². The van der Waals surface area contributed by atoms with Crippen molar-refractivity contribution in [2.75, 3.05) is 31.7 Å². The standard InChI is InChI=1S/C21H27Cl2N5O5S/c1-33-21(30)13-4-8-28(9-5-13)20(29)17(6-10-27-7-2-3-18(27)24)26-34(31,32)14-11-15(22)19(25)16(23)12-14/h2-3,7,11-13,17,26H,4-6,8-10,24-25H2,1H3. The summed E-state index contributed by atoms with van der Waals surface area (Å²) in [7, 11) is -2.84. The number of anilines is 2. The van der Waals surface area contributed by atoms with E-state index in [1.807, 2.05) is 0 Å². The summed E-state index contributed by atoms with van der Waals surface area (Å²) < 4.78 is 35.2. The summed E-state index contributed by atoms with van der Waals surface area (Å²) in [5.41, 5.74) is 11.7. The van der Waals surface area contributed by atoms with Crippen LogP contribution in [0.3, 0.4) is 0 Å². The minimum absolute atomic E-state index is 0.0132. The molecular formula is C21H27Cl2N5O5S. The Morgan fingerprint density at radius 3 is 2.35 bits per heavy atom. The molecule has 5 N–H and O–H groups in total. The fourth-order valence-corrected chi connectivity index (χ4v) is 5.72. The van der Waals surface area contributed by atoms with E-state index in [0.29, 0.717) is 38.3 Å². The molecule has 0 bridgehead atoms. The second-order valence-corrected chi connectivity index (χ2v) is 10.5. The predicted octanol–water partition coefficient (Wildman–Crippen LogP) is 2.11. The summed E-state index contributed by atoms with van der Waals surface area (Å²) in [5, 5.41) is -0.0264. The highest BCUT2D eigenvalue weighted by Gasteiger charge is 2.33. The Morgan fingerprint density at radius 1 is 1.21 bits per heavy atom. The van der Waals surface area contributed by atoms with Crippen LogP contribution in [-0.2, 0) is 30.9 Å². The van der Waals surface area contributed by atoms with Crippen molar-refractivity contribution in [3.63, 3.8) is 0 Å². The van der Waals surface area contributed by atoms with E-state index in [1.165, 1.54) is 19.2 Å². The van der Waals surface area contributed by atoms with Crippen LogP contribution >= 0.6 is 23.2 Å². The molecule has 0 radical (unpaired) electrons.